The standard InChI is InChI=1S/C27H43N7O6/c1-4-15(2)23(24(29)38)34-26(40)18(12-17-7-9-19(35)10-8-17)13-21(36)20(14-22(28)37)33-25(39)16(3)6-5-11-32-27(30)31/h7-10,15-16,18,20,23,35H,4-6,11-14H2,1-3H3,(H2,28,37)(H2,29,38)(H,33,39)(H,34,40)(H4,30,31,32)/t15-,16-,18+,20-,23-/m0/s1. The highest BCUT2D eigenvalue weighted by atomic mass is 16.3. The van der Waals surface area contributed by atoms with Gasteiger partial charge in [0.2, 0.25) is 23.6 Å². The molecule has 0 aliphatic rings. The van der Waals surface area contributed by atoms with Crippen LogP contribution in [0.1, 0.15) is 58.4 Å². The van der Waals surface area contributed by atoms with Crippen LogP contribution in [0, 0.1) is 17.8 Å². The Bertz CT molecular complexity index is 1060. The number of phenolic OH excluding ortho intramolecular Hbond substituents is 1. The minimum Gasteiger partial charge on any atom is -0.508 e. The van der Waals surface area contributed by atoms with Crippen molar-refractivity contribution in [2.45, 2.75) is 71.4 Å². The van der Waals surface area contributed by atoms with Crippen molar-refractivity contribution in [1.29, 1.82) is 0 Å². The smallest absolute Gasteiger partial charge is 0.240 e. The third-order valence-corrected chi connectivity index (χ3v) is 6.70. The zero-order valence-electron chi connectivity index (χ0n) is 23.4. The van der Waals surface area contributed by atoms with E-state index < -0.39 is 59.8 Å². The average Bonchev–Trinajstić information content (AvgIpc) is 2.88. The van der Waals surface area contributed by atoms with Crippen molar-refractivity contribution in [1.82, 2.24) is 10.6 Å². The molecule has 222 valence electrons. The van der Waals surface area contributed by atoms with E-state index in [-0.39, 0.29) is 30.5 Å². The number of benzene rings is 1. The van der Waals surface area contributed by atoms with Crippen LogP contribution < -0.4 is 33.6 Å². The summed E-state index contributed by atoms with van der Waals surface area (Å²) in [6, 6.07) is 3.90. The normalized spacial score (nSPS) is 14.6. The van der Waals surface area contributed by atoms with E-state index in [9.17, 15) is 29.1 Å². The van der Waals surface area contributed by atoms with Crippen molar-refractivity contribution in [3.8, 4) is 5.75 Å². The molecule has 0 unspecified atom stereocenters. The van der Waals surface area contributed by atoms with Crippen LogP contribution in [0.15, 0.2) is 29.3 Å². The molecule has 0 fully saturated rings. The molecule has 0 aliphatic heterocycles. The summed E-state index contributed by atoms with van der Waals surface area (Å²) in [4.78, 5) is 67.1. The second kappa shape index (κ2) is 16.7. The third kappa shape index (κ3) is 12.1. The van der Waals surface area contributed by atoms with E-state index in [0.717, 1.165) is 0 Å². The lowest BCUT2D eigenvalue weighted by atomic mass is 9.89. The molecule has 5 atom stereocenters. The lowest BCUT2D eigenvalue weighted by Gasteiger charge is -2.26. The van der Waals surface area contributed by atoms with Crippen molar-refractivity contribution in [3.63, 3.8) is 0 Å². The number of phenols is 1. The summed E-state index contributed by atoms with van der Waals surface area (Å²) in [5.74, 6) is -4.87. The number of rotatable bonds is 18. The molecule has 0 saturated carbocycles. The van der Waals surface area contributed by atoms with Crippen molar-refractivity contribution < 1.29 is 29.1 Å². The van der Waals surface area contributed by atoms with Crippen LogP contribution in [0.3, 0.4) is 0 Å². The molecule has 4 amide bonds. The minimum absolute atomic E-state index is 0.0306. The van der Waals surface area contributed by atoms with E-state index in [4.69, 9.17) is 22.9 Å². The maximum atomic E-state index is 13.4. The molecule has 1 rings (SSSR count). The largest absolute Gasteiger partial charge is 0.508 e. The van der Waals surface area contributed by atoms with E-state index in [1.54, 1.807) is 26.0 Å². The number of Topliss-reactive ketones (excluding diaryl/α,β-unsaturated/α-hetero) is 1. The van der Waals surface area contributed by atoms with Gasteiger partial charge in [-0.3, -0.25) is 29.0 Å². The molecule has 11 N–H and O–H groups in total. The molecule has 0 heterocycles. The van der Waals surface area contributed by atoms with Gasteiger partial charge in [0.1, 0.15) is 11.8 Å². The summed E-state index contributed by atoms with van der Waals surface area (Å²) in [5.41, 5.74) is 22.1. The SMILES string of the molecule is CC[C@H](C)[C@H](NC(=O)[C@@H](CC(=O)[C@H](CC(N)=O)NC(=O)[C@@H](C)CCCN=C(N)N)Cc1ccc(O)cc1)C(N)=O. The van der Waals surface area contributed by atoms with Crippen molar-refractivity contribution in [2.75, 3.05) is 6.54 Å². The predicted octanol–water partition coefficient (Wildman–Crippen LogP) is -0.424. The highest BCUT2D eigenvalue weighted by Gasteiger charge is 2.32. The molecule has 40 heavy (non-hydrogen) atoms. The molecule has 0 spiro atoms. The van der Waals surface area contributed by atoms with E-state index in [0.29, 0.717) is 31.4 Å². The molecule has 13 heteroatoms. The predicted molar refractivity (Wildman–Crippen MR) is 150 cm³/mol. The van der Waals surface area contributed by atoms with Gasteiger partial charge in [-0.15, -0.1) is 0 Å². The van der Waals surface area contributed by atoms with Gasteiger partial charge in [0, 0.05) is 24.8 Å². The second-order valence-electron chi connectivity index (χ2n) is 10.1. The van der Waals surface area contributed by atoms with Gasteiger partial charge < -0.3 is 38.7 Å². The summed E-state index contributed by atoms with van der Waals surface area (Å²) < 4.78 is 0. The number of hydrogen-bond donors (Lipinski definition) is 7. The maximum absolute atomic E-state index is 13.4. The van der Waals surface area contributed by atoms with Crippen LogP contribution in [-0.2, 0) is 30.4 Å². The zero-order chi connectivity index (χ0) is 30.4. The van der Waals surface area contributed by atoms with Crippen molar-refractivity contribution >= 4 is 35.4 Å². The van der Waals surface area contributed by atoms with Crippen LogP contribution in [0.5, 0.6) is 5.75 Å². The Hall–Kier alpha value is -4.16. The molecule has 0 aliphatic carbocycles. The van der Waals surface area contributed by atoms with E-state index in [1.165, 1.54) is 12.1 Å². The average molecular weight is 562 g/mol. The Labute approximate surface area is 234 Å². The number of nitrogens with zero attached hydrogens (tertiary/aromatic N) is 1. The highest BCUT2D eigenvalue weighted by molar-refractivity contribution is 5.96. The van der Waals surface area contributed by atoms with Gasteiger partial charge in [-0.25, -0.2) is 0 Å². The number of amides is 4. The van der Waals surface area contributed by atoms with Crippen LogP contribution in [0.25, 0.3) is 0 Å². The summed E-state index contributed by atoms with van der Waals surface area (Å²) in [5, 5.41) is 14.8. The molecule has 13 nitrogen and oxygen atoms in total. The van der Waals surface area contributed by atoms with Gasteiger partial charge in [-0.05, 0) is 42.9 Å². The summed E-state index contributed by atoms with van der Waals surface area (Å²) in [7, 11) is 0. The van der Waals surface area contributed by atoms with Crippen molar-refractivity contribution in [2.24, 2.45) is 45.7 Å². The van der Waals surface area contributed by atoms with Crippen LogP contribution in [-0.4, -0.2) is 59.1 Å². The first kappa shape index (κ1) is 33.9. The number of nitrogens with one attached hydrogen (secondary N) is 2. The molecular formula is C27H43N7O6. The highest BCUT2D eigenvalue weighted by Crippen LogP contribution is 2.19. The molecule has 0 aromatic heterocycles. The number of carbonyl (C=O) groups is 5. The lowest BCUT2D eigenvalue weighted by Crippen LogP contribution is -2.51. The monoisotopic (exact) mass is 561 g/mol. The van der Waals surface area contributed by atoms with E-state index in [2.05, 4.69) is 15.6 Å². The quantitative estimate of drug-likeness (QED) is 0.0702. The molecule has 1 aromatic carbocycles. The Balaban J connectivity index is 3.11. The van der Waals surface area contributed by atoms with Crippen molar-refractivity contribution in [3.05, 3.63) is 29.8 Å². The van der Waals surface area contributed by atoms with E-state index >= 15 is 0 Å². The second-order valence-corrected chi connectivity index (χ2v) is 10.1. The van der Waals surface area contributed by atoms with Crippen LogP contribution in [0.4, 0.5) is 0 Å². The Kier molecular flexibility index (Phi) is 14.2. The summed E-state index contributed by atoms with van der Waals surface area (Å²) >= 11 is 0. The van der Waals surface area contributed by atoms with Gasteiger partial charge in [0.05, 0.1) is 12.5 Å². The Morgan fingerprint density at radius 1 is 0.925 bits per heavy atom. The van der Waals surface area contributed by atoms with E-state index in [1.807, 2.05) is 6.92 Å². The first-order chi connectivity index (χ1) is 18.7. The van der Waals surface area contributed by atoms with Gasteiger partial charge in [0.15, 0.2) is 11.7 Å². The number of carbonyl (C=O) groups excluding carboxylic acids is 5. The fourth-order valence-corrected chi connectivity index (χ4v) is 4.06. The lowest BCUT2D eigenvalue weighted by molar-refractivity contribution is -0.135. The number of aromatic hydroxyl groups is 1. The Morgan fingerprint density at radius 2 is 1.55 bits per heavy atom. The first-order valence-corrected chi connectivity index (χ1v) is 13.3. The topological polar surface area (TPSA) is 246 Å². The van der Waals surface area contributed by atoms with Gasteiger partial charge in [-0.2, -0.15) is 0 Å². The number of guanidine groups is 1. The molecule has 1 aromatic rings. The van der Waals surface area contributed by atoms with Gasteiger partial charge in [0.25, 0.3) is 0 Å². The molecule has 0 bridgehead atoms. The fraction of sp³-hybridized carbons (Fsp3) is 0.556. The van der Waals surface area contributed by atoms with Gasteiger partial charge in [-0.1, -0.05) is 39.3 Å². The summed E-state index contributed by atoms with van der Waals surface area (Å²) in [6.45, 7) is 5.62. The maximum Gasteiger partial charge on any atom is 0.240 e. The zero-order valence-corrected chi connectivity index (χ0v) is 23.4. The summed E-state index contributed by atoms with van der Waals surface area (Å²) in [6.07, 6.45) is 0.809. The Morgan fingerprint density at radius 3 is 2.08 bits per heavy atom. The number of nitrogens with two attached hydrogens (primary N) is 4. The minimum atomic E-state index is -1.25. The van der Waals surface area contributed by atoms with Gasteiger partial charge >= 0.3 is 0 Å². The number of primary amides is 2. The number of aliphatic imine (C=N–C) groups is 1. The number of ketones is 1. The molecule has 0 saturated heterocycles. The molecular weight excluding hydrogens is 518 g/mol. The number of hydrogen-bond acceptors (Lipinski definition) is 7. The third-order valence-electron chi connectivity index (χ3n) is 6.70. The van der Waals surface area contributed by atoms with Crippen LogP contribution in [0.2, 0.25) is 0 Å². The fourth-order valence-electron chi connectivity index (χ4n) is 4.06. The van der Waals surface area contributed by atoms with Crippen LogP contribution >= 0.6 is 0 Å². The first-order valence-electron chi connectivity index (χ1n) is 13.3. The molecule has 0 radical (unpaired) electrons.